The third-order valence-electron chi connectivity index (χ3n) is 4.25. The highest BCUT2D eigenvalue weighted by Crippen LogP contribution is 2.14. The smallest absolute Gasteiger partial charge is 0.315 e. The van der Waals surface area contributed by atoms with Crippen LogP contribution >= 0.6 is 0 Å². The molecular weight excluding hydrogens is 316 g/mol. The number of rotatable bonds is 5. The largest absolute Gasteiger partial charge is 0.378 e. The summed E-state index contributed by atoms with van der Waals surface area (Å²) < 4.78 is 5.37. The van der Waals surface area contributed by atoms with Crippen molar-refractivity contribution in [3.63, 3.8) is 0 Å². The highest BCUT2D eigenvalue weighted by Gasteiger charge is 2.13. The maximum absolute atomic E-state index is 12.1. The van der Waals surface area contributed by atoms with Crippen LogP contribution in [-0.4, -0.2) is 37.3 Å². The molecule has 1 aliphatic heterocycles. The number of amides is 2. The van der Waals surface area contributed by atoms with Crippen molar-refractivity contribution in [1.82, 2.24) is 15.6 Å². The van der Waals surface area contributed by atoms with Gasteiger partial charge in [0.05, 0.1) is 19.3 Å². The lowest BCUT2D eigenvalue weighted by atomic mass is 10.1. The van der Waals surface area contributed by atoms with Crippen LogP contribution in [-0.2, 0) is 11.3 Å². The molecule has 1 aromatic heterocycles. The molecule has 2 N–H and O–H groups in total. The summed E-state index contributed by atoms with van der Waals surface area (Å²) in [5.74, 6) is 0.931. The van der Waals surface area contributed by atoms with E-state index in [0.29, 0.717) is 6.54 Å². The van der Waals surface area contributed by atoms with E-state index in [1.54, 1.807) is 6.20 Å². The molecule has 6 nitrogen and oxygen atoms in total. The lowest BCUT2D eigenvalue weighted by Crippen LogP contribution is -2.37. The summed E-state index contributed by atoms with van der Waals surface area (Å²) in [5, 5.41) is 5.86. The summed E-state index contributed by atoms with van der Waals surface area (Å²) in [5.41, 5.74) is 2.11. The average Bonchev–Trinajstić information content (AvgIpc) is 2.68. The van der Waals surface area contributed by atoms with Crippen LogP contribution in [0.2, 0.25) is 0 Å². The average molecular weight is 340 g/mol. The highest BCUT2D eigenvalue weighted by molar-refractivity contribution is 5.74. The van der Waals surface area contributed by atoms with E-state index in [1.807, 2.05) is 49.4 Å². The van der Waals surface area contributed by atoms with Gasteiger partial charge in [-0.15, -0.1) is 0 Å². The predicted molar refractivity (Wildman–Crippen MR) is 97.5 cm³/mol. The molecule has 25 heavy (non-hydrogen) atoms. The van der Waals surface area contributed by atoms with Gasteiger partial charge < -0.3 is 20.3 Å². The summed E-state index contributed by atoms with van der Waals surface area (Å²) in [4.78, 5) is 18.7. The molecule has 0 unspecified atom stereocenters. The van der Waals surface area contributed by atoms with Gasteiger partial charge in [0.15, 0.2) is 0 Å². The molecule has 0 aliphatic carbocycles. The van der Waals surface area contributed by atoms with Crippen LogP contribution in [0.15, 0.2) is 48.7 Å². The number of urea groups is 1. The zero-order valence-electron chi connectivity index (χ0n) is 14.4. The van der Waals surface area contributed by atoms with Crippen LogP contribution in [0.3, 0.4) is 0 Å². The number of morpholine rings is 1. The molecule has 2 amide bonds. The number of anilines is 1. The molecule has 1 aliphatic rings. The van der Waals surface area contributed by atoms with E-state index < -0.39 is 0 Å². The molecule has 2 aromatic rings. The molecule has 0 radical (unpaired) electrons. The third-order valence-corrected chi connectivity index (χ3v) is 4.25. The number of pyridine rings is 1. The van der Waals surface area contributed by atoms with Crippen molar-refractivity contribution in [3.8, 4) is 0 Å². The van der Waals surface area contributed by atoms with Crippen LogP contribution < -0.4 is 15.5 Å². The van der Waals surface area contributed by atoms with Crippen LogP contribution in [0, 0.1) is 0 Å². The summed E-state index contributed by atoms with van der Waals surface area (Å²) in [7, 11) is 0. The molecule has 0 saturated carbocycles. The number of carbonyl (C=O) groups is 1. The number of nitrogens with zero attached hydrogens (tertiary/aromatic N) is 2. The maximum atomic E-state index is 12.1. The Bertz CT molecular complexity index is 687. The van der Waals surface area contributed by atoms with Gasteiger partial charge in [0.25, 0.3) is 0 Å². The van der Waals surface area contributed by atoms with E-state index in [1.165, 1.54) is 0 Å². The molecule has 6 heteroatoms. The summed E-state index contributed by atoms with van der Waals surface area (Å²) in [6, 6.07) is 13.6. The van der Waals surface area contributed by atoms with Crippen LogP contribution in [0.5, 0.6) is 0 Å². The van der Waals surface area contributed by atoms with Crippen LogP contribution in [0.1, 0.15) is 24.1 Å². The van der Waals surface area contributed by atoms with Crippen LogP contribution in [0.4, 0.5) is 10.6 Å². The van der Waals surface area contributed by atoms with Gasteiger partial charge in [0.1, 0.15) is 5.82 Å². The molecule has 2 heterocycles. The van der Waals surface area contributed by atoms with Crippen molar-refractivity contribution >= 4 is 11.8 Å². The molecular formula is C19H24N4O2. The predicted octanol–water partition coefficient (Wildman–Crippen LogP) is 2.48. The van der Waals surface area contributed by atoms with E-state index in [9.17, 15) is 4.79 Å². The van der Waals surface area contributed by atoms with Gasteiger partial charge in [0.2, 0.25) is 0 Å². The molecule has 1 atom stereocenters. The minimum atomic E-state index is -0.180. The lowest BCUT2D eigenvalue weighted by Gasteiger charge is -2.28. The van der Waals surface area contributed by atoms with E-state index in [0.717, 1.165) is 43.2 Å². The molecule has 132 valence electrons. The fourth-order valence-corrected chi connectivity index (χ4v) is 2.79. The fourth-order valence-electron chi connectivity index (χ4n) is 2.79. The van der Waals surface area contributed by atoms with Gasteiger partial charge in [0, 0.05) is 25.8 Å². The Balaban J connectivity index is 1.52. The van der Waals surface area contributed by atoms with E-state index in [-0.39, 0.29) is 12.1 Å². The maximum Gasteiger partial charge on any atom is 0.315 e. The zero-order chi connectivity index (χ0) is 17.5. The summed E-state index contributed by atoms with van der Waals surface area (Å²) >= 11 is 0. The number of nitrogens with one attached hydrogen (secondary N) is 2. The normalized spacial score (nSPS) is 15.5. The Hall–Kier alpha value is -2.60. The first-order valence-corrected chi connectivity index (χ1v) is 8.59. The minimum Gasteiger partial charge on any atom is -0.378 e. The molecule has 0 spiro atoms. The zero-order valence-corrected chi connectivity index (χ0v) is 14.4. The SMILES string of the molecule is C[C@@H](NC(=O)NCc1ccnc(N2CCOCC2)c1)c1ccccc1. The van der Waals surface area contributed by atoms with E-state index in [4.69, 9.17) is 4.74 Å². The number of benzene rings is 1. The van der Waals surface area contributed by atoms with Crippen molar-refractivity contribution in [2.45, 2.75) is 19.5 Å². The quantitative estimate of drug-likeness (QED) is 0.877. The second kappa shape index (κ2) is 8.48. The number of hydrogen-bond acceptors (Lipinski definition) is 4. The van der Waals surface area contributed by atoms with Crippen LogP contribution in [0.25, 0.3) is 0 Å². The fraction of sp³-hybridized carbons (Fsp3) is 0.368. The number of ether oxygens (including phenoxy) is 1. The van der Waals surface area contributed by atoms with E-state index >= 15 is 0 Å². The molecule has 1 saturated heterocycles. The van der Waals surface area contributed by atoms with Crippen molar-refractivity contribution in [1.29, 1.82) is 0 Å². The number of carbonyl (C=O) groups excluding carboxylic acids is 1. The van der Waals surface area contributed by atoms with Crippen molar-refractivity contribution in [2.24, 2.45) is 0 Å². The second-order valence-electron chi connectivity index (χ2n) is 6.08. The second-order valence-corrected chi connectivity index (χ2v) is 6.08. The van der Waals surface area contributed by atoms with Gasteiger partial charge in [-0.3, -0.25) is 0 Å². The van der Waals surface area contributed by atoms with Crippen molar-refractivity contribution in [2.75, 3.05) is 31.2 Å². The Morgan fingerprint density at radius 1 is 1.24 bits per heavy atom. The Morgan fingerprint density at radius 3 is 2.76 bits per heavy atom. The first-order chi connectivity index (χ1) is 12.2. The monoisotopic (exact) mass is 340 g/mol. The number of aromatic nitrogens is 1. The Labute approximate surface area is 148 Å². The first-order valence-electron chi connectivity index (χ1n) is 8.59. The number of hydrogen-bond donors (Lipinski definition) is 2. The Morgan fingerprint density at radius 2 is 2.00 bits per heavy atom. The first kappa shape index (κ1) is 17.2. The molecule has 1 aromatic carbocycles. The van der Waals surface area contributed by atoms with Gasteiger partial charge in [-0.2, -0.15) is 0 Å². The van der Waals surface area contributed by atoms with Crippen molar-refractivity contribution in [3.05, 3.63) is 59.8 Å². The van der Waals surface area contributed by atoms with Gasteiger partial charge in [-0.25, -0.2) is 9.78 Å². The topological polar surface area (TPSA) is 66.5 Å². The summed E-state index contributed by atoms with van der Waals surface area (Å²) in [6.45, 7) is 5.58. The molecule has 1 fully saturated rings. The van der Waals surface area contributed by atoms with Gasteiger partial charge in [-0.1, -0.05) is 30.3 Å². The molecule has 0 bridgehead atoms. The minimum absolute atomic E-state index is 0.0393. The Kier molecular flexibility index (Phi) is 5.85. The van der Waals surface area contributed by atoms with Gasteiger partial charge in [-0.05, 0) is 30.2 Å². The highest BCUT2D eigenvalue weighted by atomic mass is 16.5. The molecule has 3 rings (SSSR count). The van der Waals surface area contributed by atoms with Crippen molar-refractivity contribution < 1.29 is 9.53 Å². The van der Waals surface area contributed by atoms with E-state index in [2.05, 4.69) is 20.5 Å². The van der Waals surface area contributed by atoms with Gasteiger partial charge >= 0.3 is 6.03 Å². The third kappa shape index (κ3) is 4.93. The lowest BCUT2D eigenvalue weighted by molar-refractivity contribution is 0.122. The summed E-state index contributed by atoms with van der Waals surface area (Å²) in [6.07, 6.45) is 1.78. The standard InChI is InChI=1S/C19H24N4O2/c1-15(17-5-3-2-4-6-17)22-19(24)21-14-16-7-8-20-18(13-16)23-9-11-25-12-10-23/h2-8,13,15H,9-12,14H2,1H3,(H2,21,22,24)/t15-/m1/s1.